The van der Waals surface area contributed by atoms with Gasteiger partial charge in [0.25, 0.3) is 0 Å². The number of hydrogen-bond donors (Lipinski definition) is 2. The summed E-state index contributed by atoms with van der Waals surface area (Å²) in [5.41, 5.74) is 2.37. The van der Waals surface area contributed by atoms with Gasteiger partial charge in [0.05, 0.1) is 13.2 Å². The predicted octanol–water partition coefficient (Wildman–Crippen LogP) is -1.17. The monoisotopic (exact) mass is 179 g/mol. The van der Waals surface area contributed by atoms with Crippen LogP contribution in [0.3, 0.4) is 0 Å². The van der Waals surface area contributed by atoms with Crippen molar-refractivity contribution in [2.75, 3.05) is 6.61 Å². The molecule has 2 N–H and O–H groups in total. The summed E-state index contributed by atoms with van der Waals surface area (Å²) < 4.78 is 5.23. The van der Waals surface area contributed by atoms with Gasteiger partial charge in [-0.25, -0.2) is 0 Å². The van der Waals surface area contributed by atoms with Crippen LogP contribution in [0.1, 0.15) is 11.3 Å². The fourth-order valence-electron chi connectivity index (χ4n) is 1.40. The Kier molecular flexibility index (Phi) is 2.31. The molecule has 0 aliphatic carbocycles. The van der Waals surface area contributed by atoms with Gasteiger partial charge in [-0.05, 0) is 5.56 Å². The van der Waals surface area contributed by atoms with Crippen LogP contribution in [-0.2, 0) is 17.8 Å². The van der Waals surface area contributed by atoms with Gasteiger partial charge in [-0.2, -0.15) is 0 Å². The van der Waals surface area contributed by atoms with E-state index >= 15 is 0 Å². The molecule has 4 nitrogen and oxygen atoms in total. The molecule has 2 heterocycles. The topological polar surface area (TPSA) is 62.6 Å². The quantitative estimate of drug-likeness (QED) is 0.533. The molecule has 0 bridgehead atoms. The molecule has 0 saturated heterocycles. The third-order valence-electron chi connectivity index (χ3n) is 2.12. The van der Waals surface area contributed by atoms with Crippen molar-refractivity contribution in [1.82, 2.24) is 4.98 Å². The maximum atomic E-state index is 8.90. The van der Waals surface area contributed by atoms with Crippen LogP contribution in [-0.4, -0.2) is 28.8 Å². The summed E-state index contributed by atoms with van der Waals surface area (Å²) in [6, 6.07) is 1.73. The highest BCUT2D eigenvalue weighted by Gasteiger charge is 2.16. The van der Waals surface area contributed by atoms with Crippen molar-refractivity contribution in [3.8, 4) is 0 Å². The minimum atomic E-state index is -1.44. The third kappa shape index (κ3) is 1.72. The second-order valence-electron chi connectivity index (χ2n) is 3.05. The van der Waals surface area contributed by atoms with E-state index in [9.17, 15) is 0 Å². The van der Waals surface area contributed by atoms with Crippen LogP contribution in [0.15, 0.2) is 12.3 Å². The Bertz CT molecular complexity index is 316. The molecule has 1 aliphatic rings. The average molecular weight is 179 g/mol. The zero-order valence-corrected chi connectivity index (χ0v) is 7.10. The molecule has 1 aromatic rings. The number of hydrogen-bond acceptors (Lipinski definition) is 4. The van der Waals surface area contributed by atoms with Gasteiger partial charge in [0.1, 0.15) is 0 Å². The van der Waals surface area contributed by atoms with Gasteiger partial charge >= 0.3 is 7.12 Å². The summed E-state index contributed by atoms with van der Waals surface area (Å²) >= 11 is 0. The third-order valence-corrected chi connectivity index (χ3v) is 2.12. The Morgan fingerprint density at radius 2 is 2.31 bits per heavy atom. The van der Waals surface area contributed by atoms with Gasteiger partial charge in [-0.1, -0.05) is 6.07 Å². The van der Waals surface area contributed by atoms with E-state index < -0.39 is 7.12 Å². The largest absolute Gasteiger partial charge is 0.490 e. The van der Waals surface area contributed by atoms with E-state index in [4.69, 9.17) is 14.8 Å². The Hall–Kier alpha value is -0.905. The lowest BCUT2D eigenvalue weighted by Crippen LogP contribution is -2.31. The van der Waals surface area contributed by atoms with E-state index in [1.54, 1.807) is 6.07 Å². The van der Waals surface area contributed by atoms with Crippen LogP contribution < -0.4 is 5.46 Å². The Balaban J connectivity index is 2.35. The molecule has 2 rings (SSSR count). The van der Waals surface area contributed by atoms with Gasteiger partial charge < -0.3 is 14.8 Å². The highest BCUT2D eigenvalue weighted by Crippen LogP contribution is 2.12. The summed E-state index contributed by atoms with van der Waals surface area (Å²) in [5, 5.41) is 17.8. The minimum absolute atomic E-state index is 0.421. The van der Waals surface area contributed by atoms with E-state index in [1.165, 1.54) is 6.20 Å². The number of rotatable bonds is 1. The lowest BCUT2D eigenvalue weighted by molar-refractivity contribution is 0.109. The second-order valence-corrected chi connectivity index (χ2v) is 3.05. The van der Waals surface area contributed by atoms with Crippen LogP contribution in [0, 0.1) is 0 Å². The van der Waals surface area contributed by atoms with Crippen LogP contribution in [0.4, 0.5) is 0 Å². The summed E-state index contributed by atoms with van der Waals surface area (Å²) in [7, 11) is -1.44. The summed E-state index contributed by atoms with van der Waals surface area (Å²) in [6.07, 6.45) is 2.30. The first-order valence-electron chi connectivity index (χ1n) is 4.19. The van der Waals surface area contributed by atoms with Crippen molar-refractivity contribution in [2.45, 2.75) is 13.0 Å². The lowest BCUT2D eigenvalue weighted by Gasteiger charge is -2.15. The van der Waals surface area contributed by atoms with Crippen molar-refractivity contribution >= 4 is 12.6 Å². The number of nitrogens with zero attached hydrogens (tertiary/aromatic N) is 1. The van der Waals surface area contributed by atoms with Crippen LogP contribution in [0.25, 0.3) is 0 Å². The Labute approximate surface area is 76.3 Å². The standard InChI is InChI=1S/C8H10BNO3/c11-9(12)7-3-6-5-13-2-1-8(6)10-4-7/h3-4,11-12H,1-2,5H2. The van der Waals surface area contributed by atoms with Crippen LogP contribution >= 0.6 is 0 Å². The first-order chi connectivity index (χ1) is 6.27. The first kappa shape index (κ1) is 8.68. The van der Waals surface area contributed by atoms with Gasteiger partial charge in [-0.3, -0.25) is 4.98 Å². The molecule has 0 spiro atoms. The maximum absolute atomic E-state index is 8.90. The lowest BCUT2D eigenvalue weighted by atomic mass is 9.80. The molecule has 0 atom stereocenters. The van der Waals surface area contributed by atoms with Gasteiger partial charge in [-0.15, -0.1) is 0 Å². The van der Waals surface area contributed by atoms with E-state index in [0.717, 1.165) is 17.7 Å². The van der Waals surface area contributed by atoms with E-state index in [0.29, 0.717) is 18.7 Å². The molecular formula is C8H10BNO3. The zero-order valence-electron chi connectivity index (χ0n) is 7.10. The van der Waals surface area contributed by atoms with Crippen LogP contribution in [0.2, 0.25) is 0 Å². The highest BCUT2D eigenvalue weighted by molar-refractivity contribution is 6.58. The smallest absolute Gasteiger partial charge is 0.423 e. The number of ether oxygens (including phenoxy) is 1. The first-order valence-corrected chi connectivity index (χ1v) is 4.19. The number of pyridine rings is 1. The van der Waals surface area contributed by atoms with Crippen molar-refractivity contribution in [1.29, 1.82) is 0 Å². The van der Waals surface area contributed by atoms with Crippen molar-refractivity contribution < 1.29 is 14.8 Å². The van der Waals surface area contributed by atoms with Crippen molar-refractivity contribution in [2.24, 2.45) is 0 Å². The molecule has 5 heteroatoms. The maximum Gasteiger partial charge on any atom is 0.490 e. The molecule has 0 amide bonds. The van der Waals surface area contributed by atoms with E-state index in [1.807, 2.05) is 0 Å². The van der Waals surface area contributed by atoms with E-state index in [-0.39, 0.29) is 0 Å². The molecule has 0 unspecified atom stereocenters. The second kappa shape index (κ2) is 3.45. The average Bonchev–Trinajstić information content (AvgIpc) is 2.17. The Morgan fingerprint density at radius 1 is 1.46 bits per heavy atom. The van der Waals surface area contributed by atoms with Crippen LogP contribution in [0.5, 0.6) is 0 Å². The summed E-state index contributed by atoms with van der Waals surface area (Å²) in [6.45, 7) is 1.21. The van der Waals surface area contributed by atoms with Gasteiger partial charge in [0.15, 0.2) is 0 Å². The molecule has 68 valence electrons. The summed E-state index contributed by atoms with van der Waals surface area (Å²) in [5.74, 6) is 0. The fraction of sp³-hybridized carbons (Fsp3) is 0.375. The fourth-order valence-corrected chi connectivity index (χ4v) is 1.40. The van der Waals surface area contributed by atoms with E-state index in [2.05, 4.69) is 4.98 Å². The number of fused-ring (bicyclic) bond motifs is 1. The van der Waals surface area contributed by atoms with Crippen molar-refractivity contribution in [3.63, 3.8) is 0 Å². The molecule has 13 heavy (non-hydrogen) atoms. The van der Waals surface area contributed by atoms with Gasteiger partial charge in [0.2, 0.25) is 0 Å². The predicted molar refractivity (Wildman–Crippen MR) is 47.4 cm³/mol. The normalized spacial score (nSPS) is 15.2. The van der Waals surface area contributed by atoms with Crippen molar-refractivity contribution in [3.05, 3.63) is 23.5 Å². The SMILES string of the molecule is OB(O)c1cnc2c(c1)COCC2. The number of aromatic nitrogens is 1. The highest BCUT2D eigenvalue weighted by atomic mass is 16.5. The molecule has 0 radical (unpaired) electrons. The van der Waals surface area contributed by atoms with Gasteiger partial charge in [0, 0.05) is 23.8 Å². The zero-order chi connectivity index (χ0) is 9.26. The Morgan fingerprint density at radius 3 is 3.08 bits per heavy atom. The molecule has 0 aromatic carbocycles. The molecule has 0 saturated carbocycles. The summed E-state index contributed by atoms with van der Waals surface area (Å²) in [4.78, 5) is 4.14. The minimum Gasteiger partial charge on any atom is -0.423 e. The molecular weight excluding hydrogens is 169 g/mol. The molecule has 1 aliphatic heterocycles. The molecule has 0 fully saturated rings. The molecule has 1 aromatic heterocycles.